The molecule has 2 fully saturated rings. The minimum absolute atomic E-state index is 0.0723. The fraction of sp³-hybridized carbons (Fsp3) is 0.311. The van der Waals surface area contributed by atoms with Gasteiger partial charge in [-0.3, -0.25) is 0 Å². The van der Waals surface area contributed by atoms with E-state index in [1.165, 1.54) is 0 Å². The van der Waals surface area contributed by atoms with E-state index in [2.05, 4.69) is 0 Å². The van der Waals surface area contributed by atoms with Crippen LogP contribution in [0.5, 0.6) is 0 Å². The van der Waals surface area contributed by atoms with Crippen molar-refractivity contribution >= 4 is 0 Å². The average molecular weight is 973 g/mol. The summed E-state index contributed by atoms with van der Waals surface area (Å²) in [6.45, 7) is 1.66. The second kappa shape index (κ2) is 26.7. The average Bonchev–Trinajstić information content (AvgIpc) is 3.69. The number of benzene rings is 7. The molecule has 0 saturated carbocycles. The highest BCUT2D eigenvalue weighted by molar-refractivity contribution is 5.19. The maximum absolute atomic E-state index is 13.0. The zero-order chi connectivity index (χ0) is 49.1. The summed E-state index contributed by atoms with van der Waals surface area (Å²) in [5, 5.41) is 13.0. The lowest BCUT2D eigenvalue weighted by molar-refractivity contribution is -0.360. The summed E-state index contributed by atoms with van der Waals surface area (Å²) in [4.78, 5) is 0. The molecule has 72 heavy (non-hydrogen) atoms. The molecule has 2 saturated heterocycles. The quantitative estimate of drug-likeness (QED) is 0.0560. The zero-order valence-corrected chi connectivity index (χ0v) is 40.4. The Kier molecular flexibility index (Phi) is 18.9. The Morgan fingerprint density at radius 2 is 0.667 bits per heavy atom. The van der Waals surface area contributed by atoms with Crippen LogP contribution in [0.2, 0.25) is 0 Å². The first kappa shape index (κ1) is 51.0. The van der Waals surface area contributed by atoms with Crippen molar-refractivity contribution in [1.29, 1.82) is 0 Å². The summed E-state index contributed by atoms with van der Waals surface area (Å²) in [5.41, 5.74) is 6.73. The van der Waals surface area contributed by atoms with Crippen LogP contribution in [0.1, 0.15) is 38.9 Å². The molecule has 0 unspecified atom stereocenters. The smallest absolute Gasteiger partial charge is 0.219 e. The molecule has 0 radical (unpaired) electrons. The molecule has 9 rings (SSSR count). The van der Waals surface area contributed by atoms with Gasteiger partial charge in [-0.15, -0.1) is 0 Å². The Morgan fingerprint density at radius 1 is 0.347 bits per heavy atom. The zero-order valence-electron chi connectivity index (χ0n) is 40.4. The van der Waals surface area contributed by atoms with Gasteiger partial charge in [-0.1, -0.05) is 212 Å². The fourth-order valence-corrected chi connectivity index (χ4v) is 9.00. The van der Waals surface area contributed by atoms with Crippen LogP contribution in [-0.2, 0) is 93.6 Å². The molecule has 0 amide bonds. The van der Waals surface area contributed by atoms with Crippen LogP contribution >= 0.6 is 0 Å². The third-order valence-corrected chi connectivity index (χ3v) is 12.7. The Morgan fingerprint density at radius 3 is 1.07 bits per heavy atom. The SMILES string of the molecule is O[C@@]1(COCc2ccccc2)O[C@H](COCc2ccccc2)[C@@H](OCc2ccccc2)[C@@H]1O[C@@H]1O[C@H](COCc2ccccc2)[C@@H](OCc2ccccc2)[C@H](OCc2ccccc2)[C@H]1OCc1ccccc1. The largest absolute Gasteiger partial charge is 0.374 e. The van der Waals surface area contributed by atoms with Gasteiger partial charge in [0.2, 0.25) is 5.79 Å². The molecule has 7 aromatic rings. The summed E-state index contributed by atoms with van der Waals surface area (Å²) in [7, 11) is 0. The fourth-order valence-electron chi connectivity index (χ4n) is 9.00. The van der Waals surface area contributed by atoms with Crippen molar-refractivity contribution in [3.8, 4) is 0 Å². The molecule has 2 aliphatic rings. The Bertz CT molecular complexity index is 2560. The summed E-state index contributed by atoms with van der Waals surface area (Å²) in [5.74, 6) is -2.06. The van der Waals surface area contributed by atoms with E-state index in [-0.39, 0.29) is 52.9 Å². The summed E-state index contributed by atoms with van der Waals surface area (Å²) < 4.78 is 68.1. The summed E-state index contributed by atoms with van der Waals surface area (Å²) in [6.07, 6.45) is -7.31. The van der Waals surface area contributed by atoms with Crippen LogP contribution in [0, 0.1) is 0 Å². The van der Waals surface area contributed by atoms with Gasteiger partial charge in [-0.25, -0.2) is 0 Å². The monoisotopic (exact) mass is 972 g/mol. The molecule has 11 heteroatoms. The van der Waals surface area contributed by atoms with Crippen molar-refractivity contribution < 1.29 is 52.5 Å². The van der Waals surface area contributed by atoms with Gasteiger partial charge < -0.3 is 52.5 Å². The van der Waals surface area contributed by atoms with Gasteiger partial charge in [-0.2, -0.15) is 0 Å². The van der Waals surface area contributed by atoms with E-state index < -0.39 is 54.8 Å². The normalized spacial score (nSPS) is 24.0. The number of rotatable bonds is 26. The third-order valence-electron chi connectivity index (χ3n) is 12.7. The van der Waals surface area contributed by atoms with Crippen molar-refractivity contribution in [2.75, 3.05) is 19.8 Å². The van der Waals surface area contributed by atoms with Crippen molar-refractivity contribution in [2.45, 2.75) is 101 Å². The van der Waals surface area contributed by atoms with Gasteiger partial charge in [0, 0.05) is 0 Å². The van der Waals surface area contributed by atoms with Crippen molar-refractivity contribution in [1.82, 2.24) is 0 Å². The standard InChI is InChI=1S/C61H64O11/c62-61(45-65-38-48-26-12-3-13-27-48)59(56(67-40-50-30-16-5-17-31-50)54(72-61)44-64-37-47-24-10-2-11-25-47)71-60-58(69-42-52-34-20-7-21-35-52)57(68-41-51-32-18-6-19-33-51)55(66-39-49-28-14-4-15-29-49)53(70-60)43-63-36-46-22-8-1-9-23-46/h1-35,53-60,62H,36-45H2/t53-,54-,55-,56-,57+,58-,59+,60+,61+/m1/s1. The Hall–Kier alpha value is -5.90. The van der Waals surface area contributed by atoms with Crippen molar-refractivity contribution in [3.05, 3.63) is 251 Å². The van der Waals surface area contributed by atoms with Gasteiger partial charge in [0.25, 0.3) is 0 Å². The van der Waals surface area contributed by atoms with Crippen LogP contribution in [0.4, 0.5) is 0 Å². The van der Waals surface area contributed by atoms with E-state index in [0.29, 0.717) is 13.2 Å². The molecule has 11 nitrogen and oxygen atoms in total. The lowest BCUT2D eigenvalue weighted by Crippen LogP contribution is -2.64. The molecule has 0 bridgehead atoms. The first-order valence-corrected chi connectivity index (χ1v) is 24.7. The number of ether oxygens (including phenoxy) is 10. The van der Waals surface area contributed by atoms with Crippen molar-refractivity contribution in [3.63, 3.8) is 0 Å². The van der Waals surface area contributed by atoms with Crippen LogP contribution in [0.25, 0.3) is 0 Å². The highest BCUT2D eigenvalue weighted by Gasteiger charge is 2.59. The van der Waals surface area contributed by atoms with Gasteiger partial charge in [0.05, 0.1) is 59.5 Å². The predicted octanol–water partition coefficient (Wildman–Crippen LogP) is 10.2. The van der Waals surface area contributed by atoms with E-state index in [1.54, 1.807) is 0 Å². The molecule has 7 aromatic carbocycles. The second-order valence-corrected chi connectivity index (χ2v) is 18.1. The first-order chi connectivity index (χ1) is 35.6. The number of hydrogen-bond donors (Lipinski definition) is 1. The molecule has 2 heterocycles. The van der Waals surface area contributed by atoms with Gasteiger partial charge in [0.1, 0.15) is 49.3 Å². The van der Waals surface area contributed by atoms with Crippen LogP contribution in [0.15, 0.2) is 212 Å². The van der Waals surface area contributed by atoms with Crippen molar-refractivity contribution in [2.24, 2.45) is 0 Å². The minimum Gasteiger partial charge on any atom is -0.374 e. The molecule has 0 aliphatic carbocycles. The summed E-state index contributed by atoms with van der Waals surface area (Å²) >= 11 is 0. The molecule has 0 spiro atoms. The highest BCUT2D eigenvalue weighted by atomic mass is 16.8. The van der Waals surface area contributed by atoms with Crippen LogP contribution in [0.3, 0.4) is 0 Å². The molecule has 0 aromatic heterocycles. The number of hydrogen-bond acceptors (Lipinski definition) is 11. The maximum Gasteiger partial charge on any atom is 0.219 e. The minimum atomic E-state index is -2.06. The lowest BCUT2D eigenvalue weighted by atomic mass is 9.97. The van der Waals surface area contributed by atoms with E-state index in [0.717, 1.165) is 38.9 Å². The van der Waals surface area contributed by atoms with E-state index >= 15 is 0 Å². The second-order valence-electron chi connectivity index (χ2n) is 18.1. The Balaban J connectivity index is 1.08. The van der Waals surface area contributed by atoms with Gasteiger partial charge >= 0.3 is 0 Å². The topological polar surface area (TPSA) is 113 Å². The molecule has 1 N–H and O–H groups in total. The van der Waals surface area contributed by atoms with E-state index in [4.69, 9.17) is 47.4 Å². The van der Waals surface area contributed by atoms with Crippen LogP contribution in [-0.4, -0.2) is 79.7 Å². The molecule has 9 atom stereocenters. The Labute approximate surface area is 423 Å². The first-order valence-electron chi connectivity index (χ1n) is 24.7. The molecule has 374 valence electrons. The molecular formula is C61H64O11. The lowest BCUT2D eigenvalue weighted by Gasteiger charge is -2.47. The van der Waals surface area contributed by atoms with Gasteiger partial charge in [-0.05, 0) is 38.9 Å². The summed E-state index contributed by atoms with van der Waals surface area (Å²) in [6, 6.07) is 69.4. The molecule has 2 aliphatic heterocycles. The highest BCUT2D eigenvalue weighted by Crippen LogP contribution is 2.40. The predicted molar refractivity (Wildman–Crippen MR) is 272 cm³/mol. The maximum atomic E-state index is 13.0. The molecular weight excluding hydrogens is 909 g/mol. The van der Waals surface area contributed by atoms with E-state index in [9.17, 15) is 5.11 Å². The third kappa shape index (κ3) is 14.6. The van der Waals surface area contributed by atoms with E-state index in [1.807, 2.05) is 212 Å². The number of aliphatic hydroxyl groups is 1. The van der Waals surface area contributed by atoms with Crippen LogP contribution < -0.4 is 0 Å². The van der Waals surface area contributed by atoms with Gasteiger partial charge in [0.15, 0.2) is 6.29 Å².